The van der Waals surface area contributed by atoms with Gasteiger partial charge in [-0.1, -0.05) is 6.07 Å². The first kappa shape index (κ1) is 19.8. The molecule has 0 N–H and O–H groups in total. The van der Waals surface area contributed by atoms with Crippen LogP contribution in [0.3, 0.4) is 0 Å². The standard InChI is InChI=1S/C23H27NO4/c1-4-26-23(25)16-28-20-7-6-19-8-10-24(22(19)15-20)9-5-11-27-21-13-17(2)12-18(3)14-21/h6-8,10,12-15H,4-5,9,11,16H2,1-3H3. The smallest absolute Gasteiger partial charge is 0.344 e. The topological polar surface area (TPSA) is 49.7 Å². The molecule has 0 aliphatic heterocycles. The molecule has 3 aromatic rings. The maximum atomic E-state index is 11.5. The van der Waals surface area contributed by atoms with E-state index in [0.29, 0.717) is 19.0 Å². The Morgan fingerprint density at radius 2 is 1.75 bits per heavy atom. The van der Waals surface area contributed by atoms with Crippen LogP contribution in [0.25, 0.3) is 10.9 Å². The zero-order valence-electron chi connectivity index (χ0n) is 16.7. The van der Waals surface area contributed by atoms with Crippen molar-refractivity contribution in [3.8, 4) is 11.5 Å². The number of aromatic nitrogens is 1. The number of aryl methyl sites for hydroxylation is 3. The van der Waals surface area contributed by atoms with E-state index in [2.05, 4.69) is 48.9 Å². The molecule has 28 heavy (non-hydrogen) atoms. The van der Waals surface area contributed by atoms with E-state index in [1.807, 2.05) is 18.2 Å². The van der Waals surface area contributed by atoms with E-state index in [9.17, 15) is 4.79 Å². The van der Waals surface area contributed by atoms with Gasteiger partial charge in [0.15, 0.2) is 6.61 Å². The Morgan fingerprint density at radius 1 is 0.964 bits per heavy atom. The summed E-state index contributed by atoms with van der Waals surface area (Å²) in [6.07, 6.45) is 2.96. The number of carbonyl (C=O) groups excluding carboxylic acids is 1. The number of fused-ring (bicyclic) bond motifs is 1. The number of carbonyl (C=O) groups is 1. The maximum absolute atomic E-state index is 11.5. The van der Waals surface area contributed by atoms with Crippen LogP contribution >= 0.6 is 0 Å². The Kier molecular flexibility index (Phi) is 6.58. The first-order chi connectivity index (χ1) is 13.5. The van der Waals surface area contributed by atoms with Crippen molar-refractivity contribution in [1.29, 1.82) is 0 Å². The average molecular weight is 381 g/mol. The van der Waals surface area contributed by atoms with Crippen molar-refractivity contribution in [3.05, 3.63) is 59.8 Å². The highest BCUT2D eigenvalue weighted by Crippen LogP contribution is 2.23. The van der Waals surface area contributed by atoms with E-state index in [-0.39, 0.29) is 12.6 Å². The zero-order chi connectivity index (χ0) is 19.9. The number of rotatable bonds is 9. The van der Waals surface area contributed by atoms with Crippen molar-refractivity contribution >= 4 is 16.9 Å². The van der Waals surface area contributed by atoms with Gasteiger partial charge in [0.25, 0.3) is 0 Å². The van der Waals surface area contributed by atoms with Gasteiger partial charge in [0, 0.05) is 18.8 Å². The lowest BCUT2D eigenvalue weighted by molar-refractivity contribution is -0.145. The molecule has 0 saturated heterocycles. The van der Waals surface area contributed by atoms with Crippen molar-refractivity contribution < 1.29 is 19.0 Å². The zero-order valence-corrected chi connectivity index (χ0v) is 16.7. The van der Waals surface area contributed by atoms with Gasteiger partial charge in [-0.3, -0.25) is 0 Å². The second-order valence-electron chi connectivity index (χ2n) is 6.85. The summed E-state index contributed by atoms with van der Waals surface area (Å²) in [6, 6.07) is 14.2. The summed E-state index contributed by atoms with van der Waals surface area (Å²) in [5.74, 6) is 1.22. The minimum atomic E-state index is -0.360. The summed E-state index contributed by atoms with van der Waals surface area (Å²) in [7, 11) is 0. The Hall–Kier alpha value is -2.95. The van der Waals surface area contributed by atoms with E-state index in [1.165, 1.54) is 11.1 Å². The van der Waals surface area contributed by atoms with Crippen LogP contribution in [0, 0.1) is 13.8 Å². The molecule has 0 spiro atoms. The predicted octanol–water partition coefficient (Wildman–Crippen LogP) is 4.67. The van der Waals surface area contributed by atoms with Crippen LogP contribution in [0.1, 0.15) is 24.5 Å². The molecule has 5 heteroatoms. The van der Waals surface area contributed by atoms with Crippen molar-refractivity contribution in [2.45, 2.75) is 33.7 Å². The molecule has 0 atom stereocenters. The van der Waals surface area contributed by atoms with E-state index in [1.54, 1.807) is 6.92 Å². The molecule has 1 heterocycles. The SMILES string of the molecule is CCOC(=O)COc1ccc2ccn(CCCOc3cc(C)cc(C)c3)c2c1. The molecule has 0 saturated carbocycles. The number of ether oxygens (including phenoxy) is 3. The Morgan fingerprint density at radius 3 is 2.50 bits per heavy atom. The van der Waals surface area contributed by atoms with Crippen LogP contribution in [-0.2, 0) is 16.1 Å². The molecule has 5 nitrogen and oxygen atoms in total. The summed E-state index contributed by atoms with van der Waals surface area (Å²) in [4.78, 5) is 11.5. The Bertz CT molecular complexity index is 925. The molecular weight excluding hydrogens is 354 g/mol. The fourth-order valence-corrected chi connectivity index (χ4v) is 3.23. The number of esters is 1. The normalized spacial score (nSPS) is 10.8. The second-order valence-corrected chi connectivity index (χ2v) is 6.85. The molecule has 3 rings (SSSR count). The first-order valence-corrected chi connectivity index (χ1v) is 9.63. The monoisotopic (exact) mass is 381 g/mol. The Balaban J connectivity index is 1.56. The van der Waals surface area contributed by atoms with Crippen LogP contribution in [0.15, 0.2) is 48.7 Å². The number of benzene rings is 2. The largest absolute Gasteiger partial charge is 0.494 e. The predicted molar refractivity (Wildman–Crippen MR) is 110 cm³/mol. The molecule has 0 unspecified atom stereocenters. The number of hydrogen-bond acceptors (Lipinski definition) is 4. The van der Waals surface area contributed by atoms with Gasteiger partial charge < -0.3 is 18.8 Å². The molecule has 0 aliphatic carbocycles. The summed E-state index contributed by atoms with van der Waals surface area (Å²) < 4.78 is 18.5. The summed E-state index contributed by atoms with van der Waals surface area (Å²) in [5.41, 5.74) is 3.50. The second kappa shape index (κ2) is 9.31. The summed E-state index contributed by atoms with van der Waals surface area (Å²) in [5, 5.41) is 1.14. The third-order valence-electron chi connectivity index (χ3n) is 4.41. The molecule has 0 aliphatic rings. The lowest BCUT2D eigenvalue weighted by Crippen LogP contribution is -2.14. The van der Waals surface area contributed by atoms with Gasteiger partial charge in [0.05, 0.1) is 18.7 Å². The lowest BCUT2D eigenvalue weighted by Gasteiger charge is -2.10. The molecule has 0 fully saturated rings. The number of hydrogen-bond donors (Lipinski definition) is 0. The van der Waals surface area contributed by atoms with Crippen LogP contribution in [-0.4, -0.2) is 30.4 Å². The first-order valence-electron chi connectivity index (χ1n) is 9.63. The third-order valence-corrected chi connectivity index (χ3v) is 4.41. The van der Waals surface area contributed by atoms with Gasteiger partial charge in [-0.05, 0) is 74.0 Å². The molecule has 0 amide bonds. The fourth-order valence-electron chi connectivity index (χ4n) is 3.23. The van der Waals surface area contributed by atoms with Gasteiger partial charge in [-0.15, -0.1) is 0 Å². The van der Waals surface area contributed by atoms with Crippen LogP contribution < -0.4 is 9.47 Å². The van der Waals surface area contributed by atoms with Gasteiger partial charge in [-0.25, -0.2) is 4.79 Å². The molecule has 148 valence electrons. The van der Waals surface area contributed by atoms with Crippen LogP contribution in [0.4, 0.5) is 0 Å². The van der Waals surface area contributed by atoms with Crippen molar-refractivity contribution in [1.82, 2.24) is 4.57 Å². The van der Waals surface area contributed by atoms with Gasteiger partial charge in [0.2, 0.25) is 0 Å². The number of nitrogens with zero attached hydrogens (tertiary/aromatic N) is 1. The molecule has 0 bridgehead atoms. The summed E-state index contributed by atoms with van der Waals surface area (Å²) in [6.45, 7) is 7.71. The maximum Gasteiger partial charge on any atom is 0.344 e. The highest BCUT2D eigenvalue weighted by atomic mass is 16.6. The molecule has 0 radical (unpaired) electrons. The summed E-state index contributed by atoms with van der Waals surface area (Å²) >= 11 is 0. The van der Waals surface area contributed by atoms with E-state index in [4.69, 9.17) is 14.2 Å². The van der Waals surface area contributed by atoms with Crippen LogP contribution in [0.5, 0.6) is 11.5 Å². The van der Waals surface area contributed by atoms with E-state index >= 15 is 0 Å². The van der Waals surface area contributed by atoms with Crippen molar-refractivity contribution in [3.63, 3.8) is 0 Å². The van der Waals surface area contributed by atoms with E-state index in [0.717, 1.165) is 29.6 Å². The quantitative estimate of drug-likeness (QED) is 0.399. The van der Waals surface area contributed by atoms with Gasteiger partial charge >= 0.3 is 5.97 Å². The minimum Gasteiger partial charge on any atom is -0.494 e. The van der Waals surface area contributed by atoms with Crippen molar-refractivity contribution in [2.75, 3.05) is 19.8 Å². The van der Waals surface area contributed by atoms with Gasteiger partial charge in [-0.2, -0.15) is 0 Å². The fraction of sp³-hybridized carbons (Fsp3) is 0.348. The minimum absolute atomic E-state index is 0.0796. The van der Waals surface area contributed by atoms with E-state index < -0.39 is 0 Å². The van der Waals surface area contributed by atoms with Crippen LogP contribution in [0.2, 0.25) is 0 Å². The lowest BCUT2D eigenvalue weighted by atomic mass is 10.1. The Labute approximate surface area is 165 Å². The van der Waals surface area contributed by atoms with Crippen molar-refractivity contribution in [2.24, 2.45) is 0 Å². The average Bonchev–Trinajstić information content (AvgIpc) is 3.05. The highest BCUT2D eigenvalue weighted by Gasteiger charge is 2.06. The molecule has 1 aromatic heterocycles. The third kappa shape index (κ3) is 5.28. The highest BCUT2D eigenvalue weighted by molar-refractivity contribution is 5.81. The molecular formula is C23H27NO4. The molecule has 2 aromatic carbocycles. The van der Waals surface area contributed by atoms with Gasteiger partial charge in [0.1, 0.15) is 11.5 Å².